The summed E-state index contributed by atoms with van der Waals surface area (Å²) in [7, 11) is -3.83. The molecular formula is C26H26ClN5O6S. The number of nitrogens with zero attached hydrogens (tertiary/aromatic N) is 3. The summed E-state index contributed by atoms with van der Waals surface area (Å²) in [6.07, 6.45) is 4.41. The molecule has 1 saturated heterocycles. The summed E-state index contributed by atoms with van der Waals surface area (Å²) in [6, 6.07) is 6.36. The zero-order valence-electron chi connectivity index (χ0n) is 21.6. The predicted molar refractivity (Wildman–Crippen MR) is 147 cm³/mol. The number of imidazole rings is 1. The lowest BCUT2D eigenvalue weighted by Crippen LogP contribution is -2.31. The van der Waals surface area contributed by atoms with Gasteiger partial charge in [-0.3, -0.25) is 9.59 Å². The number of pyridine rings is 1. The zero-order valence-corrected chi connectivity index (χ0v) is 23.2. The maximum atomic E-state index is 13.5. The van der Waals surface area contributed by atoms with Crippen molar-refractivity contribution in [2.24, 2.45) is 0 Å². The van der Waals surface area contributed by atoms with Crippen molar-refractivity contribution in [2.45, 2.75) is 32.9 Å². The van der Waals surface area contributed by atoms with Gasteiger partial charge in [0.15, 0.2) is 16.9 Å². The number of benzene rings is 1. The van der Waals surface area contributed by atoms with E-state index in [0.29, 0.717) is 46.8 Å². The highest BCUT2D eigenvalue weighted by atomic mass is 35.5. The van der Waals surface area contributed by atoms with Crippen molar-refractivity contribution in [3.05, 3.63) is 74.6 Å². The van der Waals surface area contributed by atoms with Crippen molar-refractivity contribution >= 4 is 44.2 Å². The van der Waals surface area contributed by atoms with Crippen molar-refractivity contribution in [3.8, 4) is 11.5 Å². The van der Waals surface area contributed by atoms with E-state index in [1.54, 1.807) is 19.3 Å². The number of hydrogen-bond donors (Lipinski definition) is 2. The molecule has 13 heteroatoms. The second-order valence-corrected chi connectivity index (χ2v) is 11.7. The van der Waals surface area contributed by atoms with E-state index in [1.165, 1.54) is 12.1 Å². The predicted octanol–water partition coefficient (Wildman–Crippen LogP) is 3.76. The maximum Gasteiger partial charge on any atom is 0.285 e. The molecule has 1 atom stereocenters. The number of carbonyl (C=O) groups is 1. The number of nitrogens with one attached hydrogen (secondary N) is 2. The van der Waals surface area contributed by atoms with E-state index in [2.05, 4.69) is 15.3 Å². The van der Waals surface area contributed by atoms with Crippen LogP contribution in [0.4, 0.5) is 5.69 Å². The van der Waals surface area contributed by atoms with Gasteiger partial charge >= 0.3 is 0 Å². The van der Waals surface area contributed by atoms with Gasteiger partial charge in [-0.15, -0.1) is 0 Å². The van der Waals surface area contributed by atoms with Gasteiger partial charge in [-0.25, -0.2) is 23.1 Å². The van der Waals surface area contributed by atoms with Gasteiger partial charge in [-0.05, 0) is 44.5 Å². The van der Waals surface area contributed by atoms with Gasteiger partial charge in [-0.2, -0.15) is 0 Å². The van der Waals surface area contributed by atoms with E-state index >= 15 is 0 Å². The first-order valence-electron chi connectivity index (χ1n) is 12.1. The minimum atomic E-state index is -3.83. The zero-order chi connectivity index (χ0) is 28.1. The lowest BCUT2D eigenvalue weighted by atomic mass is 9.99. The van der Waals surface area contributed by atoms with Crippen LogP contribution < -0.4 is 15.5 Å². The highest BCUT2D eigenvalue weighted by Gasteiger charge is 2.25. The summed E-state index contributed by atoms with van der Waals surface area (Å²) in [6.45, 7) is 6.61. The SMILES string of the molecule is Cc1cc([C@@H](C)Nc2ccc(Cl)nc2C(=O)NS(C)(=O)=O)c2oc(-c3cn(C4COC4)cn3)c(C)c(=O)c2c1. The Morgan fingerprint density at radius 3 is 2.64 bits per heavy atom. The van der Waals surface area contributed by atoms with Crippen LogP contribution in [0.3, 0.4) is 0 Å². The van der Waals surface area contributed by atoms with Crippen molar-refractivity contribution in [1.29, 1.82) is 0 Å². The normalized spacial score (nSPS) is 14.7. The summed E-state index contributed by atoms with van der Waals surface area (Å²) in [5, 5.41) is 3.63. The summed E-state index contributed by atoms with van der Waals surface area (Å²) >= 11 is 5.99. The maximum absolute atomic E-state index is 13.5. The first-order chi connectivity index (χ1) is 18.4. The minimum absolute atomic E-state index is 0.0203. The average molecular weight is 572 g/mol. The Bertz CT molecular complexity index is 1780. The van der Waals surface area contributed by atoms with Crippen LogP contribution in [0.5, 0.6) is 0 Å². The standard InChI is InChI=1S/C26H26ClN5O6S/c1-13-7-17(15(3)29-19-5-6-21(27)30-22(19)26(34)31-39(4,35)36)25-18(8-13)23(33)14(2)24(38-25)20-9-32(12-28-20)16-10-37-11-16/h5-9,12,15-16,29H,10-11H2,1-4H3,(H,31,34)/t15-/m1/s1. The Hall–Kier alpha value is -3.74. The molecule has 5 rings (SSSR count). The summed E-state index contributed by atoms with van der Waals surface area (Å²) in [4.78, 5) is 34.6. The van der Waals surface area contributed by atoms with E-state index in [9.17, 15) is 18.0 Å². The molecule has 0 radical (unpaired) electrons. The molecule has 0 spiro atoms. The van der Waals surface area contributed by atoms with E-state index < -0.39 is 22.0 Å². The van der Waals surface area contributed by atoms with Crippen molar-refractivity contribution < 1.29 is 22.4 Å². The molecule has 0 unspecified atom stereocenters. The number of ether oxygens (including phenoxy) is 1. The molecule has 0 aliphatic carbocycles. The molecule has 1 amide bonds. The molecule has 204 valence electrons. The molecule has 1 fully saturated rings. The van der Waals surface area contributed by atoms with Crippen LogP contribution in [-0.2, 0) is 14.8 Å². The Morgan fingerprint density at radius 2 is 1.97 bits per heavy atom. The van der Waals surface area contributed by atoms with Crippen molar-refractivity contribution in [3.63, 3.8) is 0 Å². The highest BCUT2D eigenvalue weighted by molar-refractivity contribution is 7.89. The molecule has 0 saturated carbocycles. The number of hydrogen-bond acceptors (Lipinski definition) is 9. The third-order valence-corrected chi connectivity index (χ3v) is 7.23. The lowest BCUT2D eigenvalue weighted by molar-refractivity contribution is -0.0233. The fraction of sp³-hybridized carbons (Fsp3) is 0.308. The van der Waals surface area contributed by atoms with Crippen LogP contribution >= 0.6 is 11.6 Å². The average Bonchev–Trinajstić information content (AvgIpc) is 3.29. The number of aryl methyl sites for hydroxylation is 1. The van der Waals surface area contributed by atoms with Gasteiger partial charge in [0.2, 0.25) is 10.0 Å². The smallest absolute Gasteiger partial charge is 0.285 e. The fourth-order valence-electron chi connectivity index (χ4n) is 4.44. The van der Waals surface area contributed by atoms with Gasteiger partial charge in [-0.1, -0.05) is 17.7 Å². The number of aromatic nitrogens is 3. The van der Waals surface area contributed by atoms with Gasteiger partial charge in [0, 0.05) is 17.3 Å². The van der Waals surface area contributed by atoms with Gasteiger partial charge in [0.25, 0.3) is 5.91 Å². The minimum Gasteiger partial charge on any atom is -0.453 e. The van der Waals surface area contributed by atoms with Crippen LogP contribution in [0.25, 0.3) is 22.4 Å². The first-order valence-corrected chi connectivity index (χ1v) is 14.3. The molecule has 0 bridgehead atoms. The topological polar surface area (TPSA) is 145 Å². The Labute approximate surface area is 229 Å². The number of halogens is 1. The first kappa shape index (κ1) is 26.9. The van der Waals surface area contributed by atoms with Crippen LogP contribution in [0.1, 0.15) is 46.2 Å². The van der Waals surface area contributed by atoms with Gasteiger partial charge in [0.05, 0.1) is 49.0 Å². The molecule has 4 aromatic rings. The van der Waals surface area contributed by atoms with Crippen molar-refractivity contribution in [1.82, 2.24) is 19.3 Å². The molecule has 4 heterocycles. The summed E-state index contributed by atoms with van der Waals surface area (Å²) < 4.78 is 38.8. The molecule has 11 nitrogen and oxygen atoms in total. The molecular weight excluding hydrogens is 546 g/mol. The Balaban J connectivity index is 1.58. The molecule has 3 aromatic heterocycles. The largest absolute Gasteiger partial charge is 0.453 e. The van der Waals surface area contributed by atoms with Crippen LogP contribution in [-0.4, -0.2) is 48.3 Å². The fourth-order valence-corrected chi connectivity index (χ4v) is 5.02. The van der Waals surface area contributed by atoms with E-state index in [-0.39, 0.29) is 28.0 Å². The summed E-state index contributed by atoms with van der Waals surface area (Å²) in [5.74, 6) is -0.564. The van der Waals surface area contributed by atoms with Crippen LogP contribution in [0.15, 0.2) is 46.0 Å². The number of anilines is 1. The third-order valence-electron chi connectivity index (χ3n) is 6.46. The second kappa shape index (κ2) is 10.1. The number of fused-ring (bicyclic) bond motifs is 1. The highest BCUT2D eigenvalue weighted by Crippen LogP contribution is 2.33. The molecule has 1 aliphatic heterocycles. The third kappa shape index (κ3) is 5.40. The van der Waals surface area contributed by atoms with Crippen LogP contribution in [0, 0.1) is 13.8 Å². The lowest BCUT2D eigenvalue weighted by Gasteiger charge is -2.26. The van der Waals surface area contributed by atoms with E-state index in [0.717, 1.165) is 11.8 Å². The quantitative estimate of drug-likeness (QED) is 0.317. The molecule has 39 heavy (non-hydrogen) atoms. The molecule has 2 N–H and O–H groups in total. The number of carbonyl (C=O) groups excluding carboxylic acids is 1. The van der Waals surface area contributed by atoms with E-state index in [1.807, 2.05) is 35.4 Å². The summed E-state index contributed by atoms with van der Waals surface area (Å²) in [5.41, 5.74) is 2.72. The number of sulfonamides is 1. The molecule has 1 aromatic carbocycles. The monoisotopic (exact) mass is 571 g/mol. The van der Waals surface area contributed by atoms with Crippen LogP contribution in [0.2, 0.25) is 5.15 Å². The van der Waals surface area contributed by atoms with Crippen molar-refractivity contribution in [2.75, 3.05) is 24.8 Å². The van der Waals surface area contributed by atoms with Gasteiger partial charge in [0.1, 0.15) is 16.4 Å². The number of amides is 1. The Morgan fingerprint density at radius 1 is 1.23 bits per heavy atom. The molecule has 1 aliphatic rings. The second-order valence-electron chi connectivity index (χ2n) is 9.61. The number of rotatable bonds is 7. The van der Waals surface area contributed by atoms with E-state index in [4.69, 9.17) is 20.8 Å². The Kier molecular flexibility index (Phi) is 6.95. The van der Waals surface area contributed by atoms with Gasteiger partial charge < -0.3 is 19.0 Å².